The van der Waals surface area contributed by atoms with Crippen LogP contribution in [0.3, 0.4) is 0 Å². The molecule has 0 bridgehead atoms. The van der Waals surface area contributed by atoms with E-state index in [2.05, 4.69) is 16.7 Å². The number of rotatable bonds is 2. The quantitative estimate of drug-likeness (QED) is 0.706. The largest absolute Gasteiger partial charge is 0.339 e. The molecule has 0 saturated carbocycles. The Hall–Kier alpha value is -1.65. The molecule has 1 aromatic heterocycles. The molecule has 0 N–H and O–H groups in total. The van der Waals surface area contributed by atoms with Gasteiger partial charge in [0, 0.05) is 13.1 Å². The average Bonchev–Trinajstić information content (AvgIpc) is 2.75. The van der Waals surface area contributed by atoms with E-state index in [0.717, 1.165) is 19.4 Å². The van der Waals surface area contributed by atoms with Gasteiger partial charge in [-0.1, -0.05) is 11.7 Å². The maximum atomic E-state index is 11.5. The van der Waals surface area contributed by atoms with E-state index in [1.807, 2.05) is 0 Å². The summed E-state index contributed by atoms with van der Waals surface area (Å²) >= 11 is 0. The molecular weight excluding hydrogens is 206 g/mol. The summed E-state index contributed by atoms with van der Waals surface area (Å²) in [7, 11) is 0. The van der Waals surface area contributed by atoms with Crippen molar-refractivity contribution in [1.82, 2.24) is 15.0 Å². The van der Waals surface area contributed by atoms with Crippen LogP contribution in [-0.4, -0.2) is 34.0 Å². The van der Waals surface area contributed by atoms with Crippen LogP contribution in [0.2, 0.25) is 0 Å². The molecule has 0 aliphatic carbocycles. The van der Waals surface area contributed by atoms with Crippen LogP contribution >= 0.6 is 0 Å². The van der Waals surface area contributed by atoms with E-state index < -0.39 is 0 Å². The molecule has 1 atom stereocenters. The van der Waals surface area contributed by atoms with E-state index in [4.69, 9.17) is 4.52 Å². The van der Waals surface area contributed by atoms with Crippen LogP contribution in [0.15, 0.2) is 17.2 Å². The number of hydrogen-bond donors (Lipinski definition) is 0. The number of hydrogen-bond acceptors (Lipinski definition) is 4. The second-order valence-corrected chi connectivity index (χ2v) is 4.01. The zero-order chi connectivity index (χ0) is 11.5. The molecule has 86 valence electrons. The van der Waals surface area contributed by atoms with Crippen molar-refractivity contribution in [3.63, 3.8) is 0 Å². The lowest BCUT2D eigenvalue weighted by Gasteiger charge is -2.30. The van der Waals surface area contributed by atoms with Crippen molar-refractivity contribution in [2.24, 2.45) is 0 Å². The van der Waals surface area contributed by atoms with E-state index in [9.17, 15) is 4.79 Å². The first kappa shape index (κ1) is 10.9. The third-order valence-electron chi connectivity index (χ3n) is 2.80. The van der Waals surface area contributed by atoms with Gasteiger partial charge in [-0.3, -0.25) is 4.79 Å². The SMILES string of the molecule is C=CC(=O)N1CCCC(c2nc(C)no2)C1. The number of aromatic nitrogens is 2. The number of aryl methyl sites for hydroxylation is 1. The van der Waals surface area contributed by atoms with Gasteiger partial charge in [0.1, 0.15) is 0 Å². The van der Waals surface area contributed by atoms with Crippen molar-refractivity contribution in [3.05, 3.63) is 24.4 Å². The fourth-order valence-corrected chi connectivity index (χ4v) is 1.99. The first-order chi connectivity index (χ1) is 7.70. The maximum absolute atomic E-state index is 11.5. The van der Waals surface area contributed by atoms with Crippen LogP contribution in [0.5, 0.6) is 0 Å². The average molecular weight is 221 g/mol. The highest BCUT2D eigenvalue weighted by atomic mass is 16.5. The summed E-state index contributed by atoms with van der Waals surface area (Å²) in [6.07, 6.45) is 3.30. The lowest BCUT2D eigenvalue weighted by atomic mass is 9.98. The van der Waals surface area contributed by atoms with Crippen molar-refractivity contribution in [1.29, 1.82) is 0 Å². The van der Waals surface area contributed by atoms with Crippen LogP contribution in [-0.2, 0) is 4.79 Å². The lowest BCUT2D eigenvalue weighted by molar-refractivity contribution is -0.127. The van der Waals surface area contributed by atoms with E-state index >= 15 is 0 Å². The maximum Gasteiger partial charge on any atom is 0.245 e. The molecule has 0 aromatic carbocycles. The first-order valence-electron chi connectivity index (χ1n) is 5.42. The number of carbonyl (C=O) groups is 1. The number of nitrogens with zero attached hydrogens (tertiary/aromatic N) is 3. The van der Waals surface area contributed by atoms with E-state index in [1.165, 1.54) is 6.08 Å². The third-order valence-corrected chi connectivity index (χ3v) is 2.80. The van der Waals surface area contributed by atoms with E-state index in [-0.39, 0.29) is 11.8 Å². The Morgan fingerprint density at radius 3 is 3.12 bits per heavy atom. The Morgan fingerprint density at radius 1 is 1.69 bits per heavy atom. The number of piperidine rings is 1. The summed E-state index contributed by atoms with van der Waals surface area (Å²) in [5.41, 5.74) is 0. The van der Waals surface area contributed by atoms with Crippen LogP contribution in [0.25, 0.3) is 0 Å². The van der Waals surface area contributed by atoms with Gasteiger partial charge < -0.3 is 9.42 Å². The zero-order valence-electron chi connectivity index (χ0n) is 9.35. The molecule has 5 heteroatoms. The van der Waals surface area contributed by atoms with Gasteiger partial charge in [-0.15, -0.1) is 0 Å². The van der Waals surface area contributed by atoms with Gasteiger partial charge in [-0.2, -0.15) is 4.98 Å². The van der Waals surface area contributed by atoms with Crippen LogP contribution in [0, 0.1) is 6.92 Å². The van der Waals surface area contributed by atoms with Crippen molar-refractivity contribution < 1.29 is 9.32 Å². The van der Waals surface area contributed by atoms with Gasteiger partial charge in [0.2, 0.25) is 11.8 Å². The minimum Gasteiger partial charge on any atom is -0.339 e. The first-order valence-corrected chi connectivity index (χ1v) is 5.42. The molecule has 0 radical (unpaired) electrons. The smallest absolute Gasteiger partial charge is 0.245 e. The predicted molar refractivity (Wildman–Crippen MR) is 57.8 cm³/mol. The van der Waals surface area contributed by atoms with Gasteiger partial charge in [0.05, 0.1) is 5.92 Å². The monoisotopic (exact) mass is 221 g/mol. The molecule has 16 heavy (non-hydrogen) atoms. The van der Waals surface area contributed by atoms with Crippen molar-refractivity contribution >= 4 is 5.91 Å². The summed E-state index contributed by atoms with van der Waals surface area (Å²) in [5, 5.41) is 3.77. The minimum atomic E-state index is -0.0269. The molecule has 2 heterocycles. The zero-order valence-corrected chi connectivity index (χ0v) is 9.35. The lowest BCUT2D eigenvalue weighted by Crippen LogP contribution is -2.38. The third kappa shape index (κ3) is 2.13. The van der Waals surface area contributed by atoms with Crippen LogP contribution in [0.4, 0.5) is 0 Å². The molecule has 1 aromatic rings. The summed E-state index contributed by atoms with van der Waals surface area (Å²) in [6, 6.07) is 0. The Labute approximate surface area is 94.1 Å². The van der Waals surface area contributed by atoms with Crippen molar-refractivity contribution in [3.8, 4) is 0 Å². The fraction of sp³-hybridized carbons (Fsp3) is 0.545. The second-order valence-electron chi connectivity index (χ2n) is 4.01. The highest BCUT2D eigenvalue weighted by Gasteiger charge is 2.27. The topological polar surface area (TPSA) is 59.2 Å². The van der Waals surface area contributed by atoms with Gasteiger partial charge in [-0.25, -0.2) is 0 Å². The fourth-order valence-electron chi connectivity index (χ4n) is 1.99. The predicted octanol–water partition coefficient (Wildman–Crippen LogP) is 1.27. The molecular formula is C11H15N3O2. The summed E-state index contributed by atoms with van der Waals surface area (Å²) in [4.78, 5) is 17.5. The molecule has 1 saturated heterocycles. The second kappa shape index (κ2) is 4.47. The highest BCUT2D eigenvalue weighted by molar-refractivity contribution is 5.87. The number of amides is 1. The molecule has 2 rings (SSSR count). The standard InChI is InChI=1S/C11H15N3O2/c1-3-10(15)14-6-4-5-9(7-14)11-12-8(2)13-16-11/h3,9H,1,4-7H2,2H3. The summed E-state index contributed by atoms with van der Waals surface area (Å²) < 4.78 is 5.14. The molecule has 1 aliphatic heterocycles. The van der Waals surface area contributed by atoms with Crippen LogP contribution < -0.4 is 0 Å². The molecule has 1 aliphatic rings. The Bertz CT molecular complexity index is 400. The summed E-state index contributed by atoms with van der Waals surface area (Å²) in [6.45, 7) is 6.72. The molecule has 5 nitrogen and oxygen atoms in total. The number of likely N-dealkylation sites (tertiary alicyclic amines) is 1. The highest BCUT2D eigenvalue weighted by Crippen LogP contribution is 2.25. The Kier molecular flexibility index (Phi) is 3.03. The van der Waals surface area contributed by atoms with Crippen LogP contribution in [0.1, 0.15) is 30.5 Å². The molecule has 1 fully saturated rings. The molecule has 1 unspecified atom stereocenters. The van der Waals surface area contributed by atoms with Gasteiger partial charge >= 0.3 is 0 Å². The van der Waals surface area contributed by atoms with Gasteiger partial charge in [-0.05, 0) is 25.8 Å². The van der Waals surface area contributed by atoms with E-state index in [1.54, 1.807) is 11.8 Å². The number of carbonyl (C=O) groups excluding carboxylic acids is 1. The van der Waals surface area contributed by atoms with E-state index in [0.29, 0.717) is 18.3 Å². The summed E-state index contributed by atoms with van der Waals surface area (Å²) in [5.74, 6) is 1.42. The Morgan fingerprint density at radius 2 is 2.50 bits per heavy atom. The van der Waals surface area contributed by atoms with Gasteiger partial charge in [0.25, 0.3) is 0 Å². The molecule has 0 spiro atoms. The van der Waals surface area contributed by atoms with Crippen molar-refractivity contribution in [2.45, 2.75) is 25.7 Å². The minimum absolute atomic E-state index is 0.0269. The normalized spacial score (nSPS) is 20.8. The van der Waals surface area contributed by atoms with Gasteiger partial charge in [0.15, 0.2) is 5.82 Å². The van der Waals surface area contributed by atoms with Crippen molar-refractivity contribution in [2.75, 3.05) is 13.1 Å². The molecule has 1 amide bonds. The Balaban J connectivity index is 2.07.